The van der Waals surface area contributed by atoms with Gasteiger partial charge in [-0.05, 0) is 67.3 Å². The molecule has 0 amide bonds. The Balaban J connectivity index is 1.39. The summed E-state index contributed by atoms with van der Waals surface area (Å²) < 4.78 is 5.97. The van der Waals surface area contributed by atoms with E-state index in [9.17, 15) is 0 Å². The normalized spacial score (nSPS) is 15.2. The molecule has 0 saturated heterocycles. The van der Waals surface area contributed by atoms with E-state index in [1.807, 2.05) is 37.3 Å². The molecule has 4 aromatic rings. The molecule has 2 aromatic carbocycles. The topological polar surface area (TPSA) is 47.9 Å². The number of hydrogen-bond donors (Lipinski definition) is 0. The van der Waals surface area contributed by atoms with Gasteiger partial charge < -0.3 is 4.74 Å². The van der Waals surface area contributed by atoms with Crippen LogP contribution in [0, 0.1) is 6.92 Å². The first-order chi connectivity index (χ1) is 16.2. The van der Waals surface area contributed by atoms with Crippen molar-refractivity contribution in [3.8, 4) is 17.0 Å². The van der Waals surface area contributed by atoms with Crippen LogP contribution in [0.4, 0.5) is 0 Å². The third-order valence-corrected chi connectivity index (χ3v) is 6.76. The predicted molar refractivity (Wildman–Crippen MR) is 131 cm³/mol. The van der Waals surface area contributed by atoms with Gasteiger partial charge >= 0.3 is 0 Å². The maximum Gasteiger partial charge on any atom is 0.130 e. The number of rotatable bonds is 6. The van der Waals surface area contributed by atoms with Gasteiger partial charge in [0.15, 0.2) is 0 Å². The molecule has 1 aliphatic rings. The number of pyridine rings is 1. The molecule has 4 nitrogen and oxygen atoms in total. The Bertz CT molecular complexity index is 1160. The van der Waals surface area contributed by atoms with E-state index in [0.717, 1.165) is 28.4 Å². The van der Waals surface area contributed by atoms with E-state index >= 15 is 0 Å². The predicted octanol–water partition coefficient (Wildman–Crippen LogP) is 6.68. The van der Waals surface area contributed by atoms with Gasteiger partial charge in [0, 0.05) is 17.2 Å². The van der Waals surface area contributed by atoms with Crippen LogP contribution in [0.1, 0.15) is 54.6 Å². The molecule has 0 radical (unpaired) electrons. The van der Waals surface area contributed by atoms with Crippen LogP contribution >= 0.6 is 0 Å². The van der Waals surface area contributed by atoms with Gasteiger partial charge in [0.25, 0.3) is 0 Å². The number of ether oxygens (including phenoxy) is 1. The van der Waals surface area contributed by atoms with Crippen molar-refractivity contribution in [3.63, 3.8) is 0 Å². The summed E-state index contributed by atoms with van der Waals surface area (Å²) in [6.07, 6.45) is 7.96. The van der Waals surface area contributed by atoms with Crippen LogP contribution in [0.15, 0.2) is 85.1 Å². The molecular formula is C29H29N3O. The minimum Gasteiger partial charge on any atom is -0.487 e. The lowest BCUT2D eigenvalue weighted by atomic mass is 9.65. The lowest BCUT2D eigenvalue weighted by molar-refractivity contribution is 0.300. The number of hydrogen-bond acceptors (Lipinski definition) is 4. The zero-order chi connectivity index (χ0) is 22.5. The van der Waals surface area contributed by atoms with Gasteiger partial charge in [-0.15, -0.1) is 0 Å². The zero-order valence-electron chi connectivity index (χ0n) is 19.1. The summed E-state index contributed by atoms with van der Waals surface area (Å²) in [4.78, 5) is 4.34. The summed E-state index contributed by atoms with van der Waals surface area (Å²) in [5, 5.41) is 8.55. The van der Waals surface area contributed by atoms with Crippen LogP contribution in [0.2, 0.25) is 0 Å². The van der Waals surface area contributed by atoms with E-state index in [1.165, 1.54) is 43.2 Å². The summed E-state index contributed by atoms with van der Waals surface area (Å²) >= 11 is 0. The average molecular weight is 436 g/mol. The average Bonchev–Trinajstić information content (AvgIpc) is 2.89. The minimum absolute atomic E-state index is 0.0508. The van der Waals surface area contributed by atoms with Crippen molar-refractivity contribution in [2.75, 3.05) is 0 Å². The summed E-state index contributed by atoms with van der Waals surface area (Å²) in [6, 6.07) is 27.6. The number of benzene rings is 2. The molecular weight excluding hydrogens is 406 g/mol. The Kier molecular flexibility index (Phi) is 6.16. The van der Waals surface area contributed by atoms with E-state index in [-0.39, 0.29) is 5.41 Å². The van der Waals surface area contributed by atoms with Crippen LogP contribution in [0.5, 0.6) is 5.75 Å². The minimum atomic E-state index is 0.0508. The highest BCUT2D eigenvalue weighted by molar-refractivity contribution is 5.60. The van der Waals surface area contributed by atoms with Crippen LogP contribution in [-0.4, -0.2) is 15.2 Å². The summed E-state index contributed by atoms with van der Waals surface area (Å²) in [7, 11) is 0. The highest BCUT2D eigenvalue weighted by Crippen LogP contribution is 2.45. The smallest absolute Gasteiger partial charge is 0.130 e. The summed E-state index contributed by atoms with van der Waals surface area (Å²) in [5.74, 6) is 0.878. The summed E-state index contributed by atoms with van der Waals surface area (Å²) in [5.41, 5.74) is 6.70. The Morgan fingerprint density at radius 2 is 1.48 bits per heavy atom. The largest absolute Gasteiger partial charge is 0.487 e. The Morgan fingerprint density at radius 3 is 2.12 bits per heavy atom. The SMILES string of the molecule is Cc1ccc(-c2ccc(C3(c4ccc(OCc5ccccn5)cc4)CCCCC3)cc2)nn1. The first kappa shape index (κ1) is 21.3. The van der Waals surface area contributed by atoms with Crippen LogP contribution in [-0.2, 0) is 12.0 Å². The second-order valence-corrected chi connectivity index (χ2v) is 8.91. The standard InChI is InChI=1S/C29H29N3O/c1-22-8-17-28(32-31-22)23-9-11-24(12-10-23)29(18-4-2-5-19-29)25-13-15-27(16-14-25)33-21-26-7-3-6-20-30-26/h3,6-17,20H,2,4-5,18-19,21H2,1H3. The fraction of sp³-hybridized carbons (Fsp3) is 0.276. The second kappa shape index (κ2) is 9.53. The van der Waals surface area contributed by atoms with E-state index in [4.69, 9.17) is 4.74 Å². The van der Waals surface area contributed by atoms with Gasteiger partial charge in [-0.2, -0.15) is 10.2 Å². The maximum absolute atomic E-state index is 5.97. The fourth-order valence-corrected chi connectivity index (χ4v) is 4.92. The van der Waals surface area contributed by atoms with Crippen molar-refractivity contribution in [3.05, 3.63) is 108 Å². The first-order valence-electron chi connectivity index (χ1n) is 11.8. The quantitative estimate of drug-likeness (QED) is 0.339. The van der Waals surface area contributed by atoms with E-state index in [2.05, 4.69) is 63.7 Å². The van der Waals surface area contributed by atoms with Gasteiger partial charge in [0.2, 0.25) is 0 Å². The highest BCUT2D eigenvalue weighted by atomic mass is 16.5. The van der Waals surface area contributed by atoms with E-state index in [1.54, 1.807) is 6.20 Å². The van der Waals surface area contributed by atoms with Crippen LogP contribution in [0.25, 0.3) is 11.3 Å². The lowest BCUT2D eigenvalue weighted by Crippen LogP contribution is -2.30. The monoisotopic (exact) mass is 435 g/mol. The Hall–Kier alpha value is -3.53. The van der Waals surface area contributed by atoms with Gasteiger partial charge in [-0.25, -0.2) is 0 Å². The second-order valence-electron chi connectivity index (χ2n) is 8.91. The molecule has 1 saturated carbocycles. The number of nitrogens with zero attached hydrogens (tertiary/aromatic N) is 3. The van der Waals surface area contributed by atoms with Crippen molar-refractivity contribution in [2.24, 2.45) is 0 Å². The van der Waals surface area contributed by atoms with Crippen molar-refractivity contribution in [1.82, 2.24) is 15.2 Å². The first-order valence-corrected chi connectivity index (χ1v) is 11.8. The molecule has 1 fully saturated rings. The van der Waals surface area contributed by atoms with Gasteiger partial charge in [0.1, 0.15) is 12.4 Å². The molecule has 166 valence electrons. The molecule has 0 unspecified atom stereocenters. The molecule has 1 aliphatic carbocycles. The molecule has 0 aliphatic heterocycles. The third kappa shape index (κ3) is 4.65. The molecule has 33 heavy (non-hydrogen) atoms. The van der Waals surface area contributed by atoms with Crippen LogP contribution in [0.3, 0.4) is 0 Å². The molecule has 0 bridgehead atoms. The molecule has 0 N–H and O–H groups in total. The van der Waals surface area contributed by atoms with Crippen molar-refractivity contribution in [2.45, 2.75) is 51.0 Å². The van der Waals surface area contributed by atoms with Crippen molar-refractivity contribution >= 4 is 0 Å². The molecule has 5 rings (SSSR count). The lowest BCUT2D eigenvalue weighted by Gasteiger charge is -2.39. The van der Waals surface area contributed by atoms with Crippen molar-refractivity contribution < 1.29 is 4.74 Å². The van der Waals surface area contributed by atoms with E-state index in [0.29, 0.717) is 6.61 Å². The van der Waals surface area contributed by atoms with Gasteiger partial charge in [0.05, 0.1) is 17.1 Å². The highest BCUT2D eigenvalue weighted by Gasteiger charge is 2.35. The molecule has 2 heterocycles. The number of aryl methyl sites for hydroxylation is 1. The molecule has 2 aromatic heterocycles. The van der Waals surface area contributed by atoms with E-state index < -0.39 is 0 Å². The molecule has 4 heteroatoms. The fourth-order valence-electron chi connectivity index (χ4n) is 4.92. The Morgan fingerprint density at radius 1 is 0.758 bits per heavy atom. The van der Waals surface area contributed by atoms with Gasteiger partial charge in [-0.3, -0.25) is 4.98 Å². The summed E-state index contributed by atoms with van der Waals surface area (Å²) in [6.45, 7) is 2.44. The molecule has 0 spiro atoms. The molecule has 0 atom stereocenters. The third-order valence-electron chi connectivity index (χ3n) is 6.76. The van der Waals surface area contributed by atoms with Crippen molar-refractivity contribution in [1.29, 1.82) is 0 Å². The van der Waals surface area contributed by atoms with Crippen LogP contribution < -0.4 is 4.74 Å². The van der Waals surface area contributed by atoms with Gasteiger partial charge in [-0.1, -0.05) is 61.7 Å². The zero-order valence-corrected chi connectivity index (χ0v) is 19.1. The Labute approximate surface area is 195 Å². The maximum atomic E-state index is 5.97. The number of aromatic nitrogens is 3.